The maximum Gasteiger partial charge on any atom is 1.00 e. The summed E-state index contributed by atoms with van der Waals surface area (Å²) in [5.74, 6) is -0.00935. The molecule has 1 rings (SSSR count). The fraction of sp³-hybridized carbons (Fsp3) is 0.250. The van der Waals surface area contributed by atoms with Crippen molar-refractivity contribution in [2.24, 2.45) is 0 Å². The first-order valence-electron chi connectivity index (χ1n) is 3.58. The van der Waals surface area contributed by atoms with Gasteiger partial charge in [0.05, 0.1) is 4.90 Å². The molecule has 0 saturated carbocycles. The van der Waals surface area contributed by atoms with E-state index in [1.807, 2.05) is 0 Å². The zero-order chi connectivity index (χ0) is 10.2. The molecule has 1 aromatic rings. The summed E-state index contributed by atoms with van der Waals surface area (Å²) < 4.78 is 32.0. The zero-order valence-corrected chi connectivity index (χ0v) is 11.1. The molecule has 0 aliphatic carbocycles. The van der Waals surface area contributed by atoms with Gasteiger partial charge in [0.25, 0.3) is 0 Å². The van der Waals surface area contributed by atoms with Gasteiger partial charge in [0.15, 0.2) is 0 Å². The topological polar surface area (TPSA) is 77.4 Å². The number of aryl methyl sites for hydroxylation is 2. The van der Waals surface area contributed by atoms with Crippen molar-refractivity contribution in [2.75, 3.05) is 0 Å². The van der Waals surface area contributed by atoms with E-state index in [2.05, 4.69) is 0 Å². The van der Waals surface area contributed by atoms with E-state index in [-0.39, 0.29) is 45.8 Å². The van der Waals surface area contributed by atoms with E-state index in [9.17, 15) is 18.1 Å². The third-order valence-corrected chi connectivity index (χ3v) is 2.74. The van der Waals surface area contributed by atoms with Crippen LogP contribution in [0, 0.1) is 13.8 Å². The Bertz CT molecular complexity index is 439. The number of hydrogen-bond donors (Lipinski definition) is 1. The fourth-order valence-corrected chi connectivity index (χ4v) is 1.82. The molecule has 0 aliphatic rings. The Labute approximate surface area is 105 Å². The molecule has 14 heavy (non-hydrogen) atoms. The molecule has 0 aromatic heterocycles. The van der Waals surface area contributed by atoms with Crippen molar-refractivity contribution in [3.8, 4) is 5.75 Å². The normalized spacial score (nSPS) is 10.8. The van der Waals surface area contributed by atoms with Crippen molar-refractivity contribution >= 4 is 10.1 Å². The molecule has 0 aliphatic heterocycles. The van der Waals surface area contributed by atoms with Crippen molar-refractivity contribution in [1.29, 1.82) is 0 Å². The minimum absolute atomic E-state index is 0. The second-order valence-corrected chi connectivity index (χ2v) is 4.21. The Kier molecular flexibility index (Phi) is 4.61. The quantitative estimate of drug-likeness (QED) is 0.438. The summed E-state index contributed by atoms with van der Waals surface area (Å²) in [7, 11) is -4.43. The molecule has 0 atom stereocenters. The molecule has 1 aromatic carbocycles. The first-order chi connectivity index (χ1) is 5.82. The van der Waals surface area contributed by atoms with Crippen molar-refractivity contribution in [1.82, 2.24) is 0 Å². The average Bonchev–Trinajstić information content (AvgIpc) is 1.94. The molecule has 1 N–H and O–H groups in total. The predicted molar refractivity (Wildman–Crippen MR) is 45.5 cm³/mol. The molecule has 0 spiro atoms. The molecule has 0 unspecified atom stereocenters. The van der Waals surface area contributed by atoms with Crippen molar-refractivity contribution in [2.45, 2.75) is 18.7 Å². The molecule has 72 valence electrons. The number of phenolic OH excluding ortho intramolecular Hbond substituents is 1. The Balaban J connectivity index is 0.00000169. The van der Waals surface area contributed by atoms with Crippen LogP contribution in [0.15, 0.2) is 17.0 Å². The molecule has 0 radical (unpaired) electrons. The maximum absolute atomic E-state index is 10.7. The van der Waals surface area contributed by atoms with Crippen molar-refractivity contribution in [3.63, 3.8) is 0 Å². The van der Waals surface area contributed by atoms with Crippen LogP contribution >= 0.6 is 0 Å². The molecule has 0 heterocycles. The van der Waals surface area contributed by atoms with Gasteiger partial charge in [0, 0.05) is 0 Å². The second-order valence-electron chi connectivity index (χ2n) is 2.86. The van der Waals surface area contributed by atoms with Gasteiger partial charge in [-0.05, 0) is 37.1 Å². The number of aromatic hydroxyl groups is 1. The largest absolute Gasteiger partial charge is 1.00 e. The van der Waals surface area contributed by atoms with Gasteiger partial charge in [-0.1, -0.05) is 0 Å². The Morgan fingerprint density at radius 1 is 1.21 bits per heavy atom. The van der Waals surface area contributed by atoms with Crippen LogP contribution in [0.3, 0.4) is 0 Å². The minimum Gasteiger partial charge on any atom is -0.744 e. The van der Waals surface area contributed by atoms with Gasteiger partial charge >= 0.3 is 29.6 Å². The van der Waals surface area contributed by atoms with Crippen LogP contribution in [-0.2, 0) is 10.1 Å². The van der Waals surface area contributed by atoms with Crippen LogP contribution in [-0.4, -0.2) is 18.1 Å². The van der Waals surface area contributed by atoms with E-state index < -0.39 is 10.1 Å². The van der Waals surface area contributed by atoms with Crippen LogP contribution in [0.5, 0.6) is 5.75 Å². The summed E-state index contributed by atoms with van der Waals surface area (Å²) in [6, 6.07) is 2.44. The third kappa shape index (κ3) is 2.96. The molecule has 0 amide bonds. The Morgan fingerprint density at radius 3 is 2.14 bits per heavy atom. The van der Waals surface area contributed by atoms with E-state index in [0.29, 0.717) is 5.56 Å². The maximum atomic E-state index is 10.7. The van der Waals surface area contributed by atoms with Gasteiger partial charge in [-0.15, -0.1) is 0 Å². The van der Waals surface area contributed by atoms with Crippen molar-refractivity contribution in [3.05, 3.63) is 23.3 Å². The van der Waals surface area contributed by atoms with Gasteiger partial charge < -0.3 is 9.66 Å². The predicted octanol–water partition coefficient (Wildman–Crippen LogP) is -2.08. The van der Waals surface area contributed by atoms with Gasteiger partial charge in [0.1, 0.15) is 15.9 Å². The first kappa shape index (κ1) is 13.9. The van der Waals surface area contributed by atoms with Gasteiger partial charge in [-0.25, -0.2) is 8.42 Å². The average molecular weight is 224 g/mol. The summed E-state index contributed by atoms with van der Waals surface area (Å²) in [4.78, 5) is -0.275. The van der Waals surface area contributed by atoms with Crippen molar-refractivity contribution < 1.29 is 47.6 Å². The van der Waals surface area contributed by atoms with Gasteiger partial charge in [0.2, 0.25) is 0 Å². The first-order valence-corrected chi connectivity index (χ1v) is 4.99. The van der Waals surface area contributed by atoms with Crippen LogP contribution in [0.4, 0.5) is 0 Å². The van der Waals surface area contributed by atoms with Crippen LogP contribution in [0.1, 0.15) is 11.1 Å². The summed E-state index contributed by atoms with van der Waals surface area (Å²) in [6.45, 7) is 2.99. The van der Waals surface area contributed by atoms with E-state index in [1.165, 1.54) is 26.0 Å². The molecule has 0 fully saturated rings. The number of rotatable bonds is 1. The smallest absolute Gasteiger partial charge is 0.744 e. The SMILES string of the molecule is Cc1cc(S(=O)(=O)[O-])c(C)cc1O.[Na+]. The number of benzene rings is 1. The van der Waals surface area contributed by atoms with Crippen LogP contribution in [0.2, 0.25) is 0 Å². The molecule has 0 bridgehead atoms. The summed E-state index contributed by atoms with van der Waals surface area (Å²) in [5.41, 5.74) is 0.637. The molecular formula is C8H9NaO4S. The Morgan fingerprint density at radius 2 is 1.71 bits per heavy atom. The van der Waals surface area contributed by atoms with E-state index in [0.717, 1.165) is 0 Å². The number of phenols is 1. The Hall–Kier alpha value is -0.0700. The van der Waals surface area contributed by atoms with Gasteiger partial charge in [-0.2, -0.15) is 0 Å². The molecule has 0 saturated heterocycles. The zero-order valence-electron chi connectivity index (χ0n) is 8.23. The summed E-state index contributed by atoms with van der Waals surface area (Å²) in [5, 5.41) is 9.19. The monoisotopic (exact) mass is 224 g/mol. The summed E-state index contributed by atoms with van der Waals surface area (Å²) in [6.07, 6.45) is 0. The third-order valence-electron chi connectivity index (χ3n) is 1.76. The van der Waals surface area contributed by atoms with Gasteiger partial charge in [-0.3, -0.25) is 0 Å². The summed E-state index contributed by atoms with van der Waals surface area (Å²) >= 11 is 0. The molecule has 4 nitrogen and oxygen atoms in total. The standard InChI is InChI=1S/C8H10O4S.Na/c1-5-4-8(13(10,11)12)6(2)3-7(5)9;/h3-4,9H,1-2H3,(H,10,11,12);/q;+1/p-1. The molecule has 6 heteroatoms. The molecular weight excluding hydrogens is 215 g/mol. The van der Waals surface area contributed by atoms with E-state index >= 15 is 0 Å². The number of hydrogen-bond acceptors (Lipinski definition) is 4. The van der Waals surface area contributed by atoms with E-state index in [4.69, 9.17) is 0 Å². The van der Waals surface area contributed by atoms with E-state index in [1.54, 1.807) is 0 Å². The second kappa shape index (κ2) is 4.63. The van der Waals surface area contributed by atoms with Crippen LogP contribution in [0.25, 0.3) is 0 Å². The van der Waals surface area contributed by atoms with Crippen LogP contribution < -0.4 is 29.6 Å². The fourth-order valence-electron chi connectivity index (χ4n) is 1.04. The minimum atomic E-state index is -4.43.